The van der Waals surface area contributed by atoms with Crippen LogP contribution in [0.1, 0.15) is 6.92 Å². The van der Waals surface area contributed by atoms with Crippen LogP contribution in [-0.2, 0) is 0 Å². The second-order valence-corrected chi connectivity index (χ2v) is 4.41. The minimum Gasteiger partial charge on any atom is -0.381 e. The third-order valence-corrected chi connectivity index (χ3v) is 3.05. The predicted octanol–water partition coefficient (Wildman–Crippen LogP) is 0.894. The van der Waals surface area contributed by atoms with Gasteiger partial charge in [-0.3, -0.25) is 4.79 Å². The number of H-pyrrole nitrogens is 1. The molecule has 0 amide bonds. The van der Waals surface area contributed by atoms with Crippen molar-refractivity contribution in [1.82, 2.24) is 15.1 Å². The van der Waals surface area contributed by atoms with Gasteiger partial charge in [0.2, 0.25) is 0 Å². The third-order valence-electron chi connectivity index (χ3n) is 2.27. The summed E-state index contributed by atoms with van der Waals surface area (Å²) < 4.78 is 0.489. The number of aromatic amines is 1. The van der Waals surface area contributed by atoms with E-state index in [-0.39, 0.29) is 5.56 Å². The molecule has 84 valence electrons. The molecule has 0 aliphatic heterocycles. The number of nitrogens with one attached hydrogen (secondary N) is 2. The van der Waals surface area contributed by atoms with Crippen LogP contribution in [0.3, 0.4) is 0 Å². The highest BCUT2D eigenvalue weighted by molar-refractivity contribution is 9.10. The molecular formula is C9H15BrN4O. The summed E-state index contributed by atoms with van der Waals surface area (Å²) in [5.74, 6) is 0. The average molecular weight is 275 g/mol. The Hall–Kier alpha value is -0.880. The van der Waals surface area contributed by atoms with Crippen LogP contribution in [0.15, 0.2) is 15.5 Å². The minimum atomic E-state index is -0.225. The van der Waals surface area contributed by atoms with Crippen LogP contribution in [0.4, 0.5) is 5.69 Å². The van der Waals surface area contributed by atoms with Crippen molar-refractivity contribution >= 4 is 21.6 Å². The molecule has 1 aromatic rings. The molecule has 0 aliphatic rings. The van der Waals surface area contributed by atoms with Gasteiger partial charge in [-0.15, -0.1) is 0 Å². The SMILES string of the molecule is CC(CNc1cn[nH]c(=O)c1Br)N(C)C. The van der Waals surface area contributed by atoms with Crippen LogP contribution < -0.4 is 10.9 Å². The normalized spacial score (nSPS) is 12.9. The number of rotatable bonds is 4. The molecule has 6 heteroatoms. The van der Waals surface area contributed by atoms with Gasteiger partial charge in [0.1, 0.15) is 4.47 Å². The molecule has 1 rings (SSSR count). The van der Waals surface area contributed by atoms with E-state index in [0.717, 1.165) is 6.54 Å². The molecule has 2 N–H and O–H groups in total. The molecule has 1 aromatic heterocycles. The number of aromatic nitrogens is 2. The Morgan fingerprint density at radius 3 is 2.93 bits per heavy atom. The van der Waals surface area contributed by atoms with Gasteiger partial charge in [0.25, 0.3) is 5.56 Å². The first kappa shape index (κ1) is 12.2. The smallest absolute Gasteiger partial charge is 0.280 e. The minimum absolute atomic E-state index is 0.225. The first-order chi connectivity index (χ1) is 7.02. The third kappa shape index (κ3) is 3.32. The van der Waals surface area contributed by atoms with Gasteiger partial charge in [-0.25, -0.2) is 5.10 Å². The molecule has 0 saturated heterocycles. The Morgan fingerprint density at radius 1 is 1.67 bits per heavy atom. The summed E-state index contributed by atoms with van der Waals surface area (Å²) in [6.45, 7) is 2.86. The van der Waals surface area contributed by atoms with E-state index >= 15 is 0 Å². The lowest BCUT2D eigenvalue weighted by atomic mass is 10.3. The lowest BCUT2D eigenvalue weighted by molar-refractivity contribution is 0.326. The fraction of sp³-hybridized carbons (Fsp3) is 0.556. The summed E-state index contributed by atoms with van der Waals surface area (Å²) in [6, 6.07) is 0.385. The molecule has 1 atom stereocenters. The van der Waals surface area contributed by atoms with Crippen LogP contribution in [0.5, 0.6) is 0 Å². The maximum Gasteiger partial charge on any atom is 0.280 e. The Labute approximate surface area is 97.0 Å². The van der Waals surface area contributed by atoms with Crippen LogP contribution in [0.2, 0.25) is 0 Å². The van der Waals surface area contributed by atoms with Gasteiger partial charge in [-0.2, -0.15) is 5.10 Å². The monoisotopic (exact) mass is 274 g/mol. The van der Waals surface area contributed by atoms with Gasteiger partial charge in [0.15, 0.2) is 0 Å². The standard InChI is InChI=1S/C9H15BrN4O/c1-6(14(2)3)4-11-7-5-12-13-9(15)8(7)10/h5-6H,4H2,1-3H3,(H2,11,13,15). The maximum absolute atomic E-state index is 11.2. The second kappa shape index (κ2) is 5.27. The van der Waals surface area contributed by atoms with Crippen LogP contribution in [0.25, 0.3) is 0 Å². The van der Waals surface area contributed by atoms with E-state index in [1.165, 1.54) is 0 Å². The summed E-state index contributed by atoms with van der Waals surface area (Å²) in [6.07, 6.45) is 1.59. The van der Waals surface area contributed by atoms with E-state index in [0.29, 0.717) is 16.2 Å². The molecular weight excluding hydrogens is 260 g/mol. The predicted molar refractivity (Wildman–Crippen MR) is 64.2 cm³/mol. The highest BCUT2D eigenvalue weighted by atomic mass is 79.9. The molecule has 0 fully saturated rings. The maximum atomic E-state index is 11.2. The number of halogens is 1. The van der Waals surface area contributed by atoms with E-state index in [9.17, 15) is 4.79 Å². The Balaban J connectivity index is 2.66. The highest BCUT2D eigenvalue weighted by Gasteiger charge is 2.07. The number of nitrogens with zero attached hydrogens (tertiary/aromatic N) is 2. The summed E-state index contributed by atoms with van der Waals surface area (Å²) >= 11 is 3.21. The van der Waals surface area contributed by atoms with Crippen molar-refractivity contribution in [2.24, 2.45) is 0 Å². The van der Waals surface area contributed by atoms with Gasteiger partial charge >= 0.3 is 0 Å². The Kier molecular flexibility index (Phi) is 4.28. The molecule has 0 aliphatic carbocycles. The first-order valence-electron chi connectivity index (χ1n) is 4.66. The van der Waals surface area contributed by atoms with Crippen molar-refractivity contribution in [1.29, 1.82) is 0 Å². The molecule has 1 unspecified atom stereocenters. The van der Waals surface area contributed by atoms with E-state index in [1.807, 2.05) is 14.1 Å². The lowest BCUT2D eigenvalue weighted by Crippen LogP contribution is -2.31. The molecule has 0 bridgehead atoms. The van der Waals surface area contributed by atoms with Gasteiger partial charge in [-0.1, -0.05) is 0 Å². The van der Waals surface area contributed by atoms with Crippen LogP contribution >= 0.6 is 15.9 Å². The molecule has 1 heterocycles. The summed E-state index contributed by atoms with van der Waals surface area (Å²) in [5.41, 5.74) is 0.491. The Bertz CT molecular complexity index is 377. The number of hydrogen-bond donors (Lipinski definition) is 2. The van der Waals surface area contributed by atoms with E-state index in [4.69, 9.17) is 0 Å². The summed E-state index contributed by atoms with van der Waals surface area (Å²) in [7, 11) is 4.02. The van der Waals surface area contributed by atoms with Crippen LogP contribution in [0, 0.1) is 0 Å². The molecule has 0 spiro atoms. The van der Waals surface area contributed by atoms with Crippen molar-refractivity contribution in [3.63, 3.8) is 0 Å². The Morgan fingerprint density at radius 2 is 2.33 bits per heavy atom. The van der Waals surface area contributed by atoms with Gasteiger partial charge in [-0.05, 0) is 36.9 Å². The van der Waals surface area contributed by atoms with E-state index < -0.39 is 0 Å². The van der Waals surface area contributed by atoms with E-state index in [2.05, 4.69) is 43.3 Å². The van der Waals surface area contributed by atoms with Crippen molar-refractivity contribution in [3.8, 4) is 0 Å². The van der Waals surface area contributed by atoms with Crippen molar-refractivity contribution in [3.05, 3.63) is 21.0 Å². The van der Waals surface area contributed by atoms with Crippen molar-refractivity contribution in [2.45, 2.75) is 13.0 Å². The highest BCUT2D eigenvalue weighted by Crippen LogP contribution is 2.15. The zero-order valence-electron chi connectivity index (χ0n) is 9.04. The van der Waals surface area contributed by atoms with Gasteiger partial charge < -0.3 is 10.2 Å². The lowest BCUT2D eigenvalue weighted by Gasteiger charge is -2.20. The molecule has 15 heavy (non-hydrogen) atoms. The largest absolute Gasteiger partial charge is 0.381 e. The molecule has 0 saturated carbocycles. The number of anilines is 1. The fourth-order valence-corrected chi connectivity index (χ4v) is 1.28. The average Bonchev–Trinajstić information content (AvgIpc) is 2.19. The molecule has 0 radical (unpaired) electrons. The van der Waals surface area contributed by atoms with Crippen molar-refractivity contribution in [2.75, 3.05) is 26.0 Å². The van der Waals surface area contributed by atoms with Crippen LogP contribution in [-0.4, -0.2) is 41.8 Å². The molecule has 5 nitrogen and oxygen atoms in total. The first-order valence-corrected chi connectivity index (χ1v) is 5.45. The fourth-order valence-electron chi connectivity index (χ4n) is 0.947. The number of likely N-dealkylation sites (N-methyl/N-ethyl adjacent to an activating group) is 1. The zero-order chi connectivity index (χ0) is 11.4. The molecule has 0 aromatic carbocycles. The summed E-state index contributed by atoms with van der Waals surface area (Å²) in [5, 5.41) is 9.24. The number of hydrogen-bond acceptors (Lipinski definition) is 4. The zero-order valence-corrected chi connectivity index (χ0v) is 10.6. The second-order valence-electron chi connectivity index (χ2n) is 3.62. The van der Waals surface area contributed by atoms with Crippen molar-refractivity contribution < 1.29 is 0 Å². The van der Waals surface area contributed by atoms with Gasteiger partial charge in [0, 0.05) is 12.6 Å². The quantitative estimate of drug-likeness (QED) is 0.857. The van der Waals surface area contributed by atoms with Gasteiger partial charge in [0.05, 0.1) is 11.9 Å². The van der Waals surface area contributed by atoms with E-state index in [1.54, 1.807) is 6.20 Å². The topological polar surface area (TPSA) is 61.0 Å². The summed E-state index contributed by atoms with van der Waals surface area (Å²) in [4.78, 5) is 13.3.